The molecule has 0 aliphatic carbocycles. The van der Waals surface area contributed by atoms with E-state index in [0.29, 0.717) is 12.5 Å². The Labute approximate surface area is 120 Å². The van der Waals surface area contributed by atoms with Crippen LogP contribution < -0.4 is 0 Å². The van der Waals surface area contributed by atoms with Gasteiger partial charge in [-0.15, -0.1) is 0 Å². The average molecular weight is 278 g/mol. The molecule has 1 aromatic carbocycles. The van der Waals surface area contributed by atoms with Crippen LogP contribution in [0.3, 0.4) is 0 Å². The second-order valence-electron chi connectivity index (χ2n) is 4.88. The lowest BCUT2D eigenvalue weighted by Gasteiger charge is -2.12. The molecule has 0 aliphatic heterocycles. The van der Waals surface area contributed by atoms with Gasteiger partial charge in [0.25, 0.3) is 0 Å². The highest BCUT2D eigenvalue weighted by molar-refractivity contribution is 6.03. The number of carbonyl (C=O) groups is 2. The van der Waals surface area contributed by atoms with Crippen molar-refractivity contribution in [1.29, 1.82) is 0 Å². The molecule has 0 saturated heterocycles. The summed E-state index contributed by atoms with van der Waals surface area (Å²) in [5.41, 5.74) is 0.489. The Hall–Kier alpha value is -1.84. The van der Waals surface area contributed by atoms with Gasteiger partial charge in [-0.25, -0.2) is 9.59 Å². The van der Waals surface area contributed by atoms with E-state index < -0.39 is 11.9 Å². The molecule has 0 amide bonds. The van der Waals surface area contributed by atoms with Crippen molar-refractivity contribution >= 4 is 11.9 Å². The Morgan fingerprint density at radius 2 is 1.75 bits per heavy atom. The van der Waals surface area contributed by atoms with Crippen molar-refractivity contribution in [3.05, 3.63) is 35.4 Å². The first-order valence-electron chi connectivity index (χ1n) is 6.94. The van der Waals surface area contributed by atoms with Crippen molar-refractivity contribution in [2.75, 3.05) is 13.7 Å². The van der Waals surface area contributed by atoms with Gasteiger partial charge < -0.3 is 9.47 Å². The first-order chi connectivity index (χ1) is 9.60. The molecule has 20 heavy (non-hydrogen) atoms. The Morgan fingerprint density at radius 3 is 2.30 bits per heavy atom. The van der Waals surface area contributed by atoms with E-state index in [-0.39, 0.29) is 11.1 Å². The molecule has 0 heterocycles. The number of ether oxygens (including phenoxy) is 2. The predicted molar refractivity (Wildman–Crippen MR) is 76.8 cm³/mol. The van der Waals surface area contributed by atoms with Crippen molar-refractivity contribution in [1.82, 2.24) is 0 Å². The monoisotopic (exact) mass is 278 g/mol. The number of rotatable bonds is 7. The van der Waals surface area contributed by atoms with Crippen LogP contribution in [0.5, 0.6) is 0 Å². The molecule has 0 aliphatic rings. The predicted octanol–water partition coefficient (Wildman–Crippen LogP) is 3.46. The van der Waals surface area contributed by atoms with Crippen LogP contribution in [0, 0.1) is 5.92 Å². The lowest BCUT2D eigenvalue weighted by Crippen LogP contribution is -2.16. The minimum atomic E-state index is -0.531. The van der Waals surface area contributed by atoms with E-state index in [9.17, 15) is 9.59 Å². The molecule has 1 rings (SSSR count). The van der Waals surface area contributed by atoms with Crippen LogP contribution in [0.1, 0.15) is 53.8 Å². The number of benzene rings is 1. The summed E-state index contributed by atoms with van der Waals surface area (Å²) >= 11 is 0. The molecule has 0 N–H and O–H groups in total. The number of carbonyl (C=O) groups excluding carboxylic acids is 2. The molecule has 0 saturated carbocycles. The third kappa shape index (κ3) is 4.68. The normalized spacial score (nSPS) is 11.8. The summed E-state index contributed by atoms with van der Waals surface area (Å²) in [6.07, 6.45) is 3.28. The van der Waals surface area contributed by atoms with Gasteiger partial charge in [0, 0.05) is 0 Å². The maximum atomic E-state index is 12.0. The van der Waals surface area contributed by atoms with Gasteiger partial charge in [0.05, 0.1) is 24.8 Å². The maximum Gasteiger partial charge on any atom is 0.339 e. The third-order valence-corrected chi connectivity index (χ3v) is 3.10. The third-order valence-electron chi connectivity index (χ3n) is 3.10. The highest BCUT2D eigenvalue weighted by Crippen LogP contribution is 2.14. The van der Waals surface area contributed by atoms with Crippen LogP contribution in [0.4, 0.5) is 0 Å². The van der Waals surface area contributed by atoms with Gasteiger partial charge in [0.1, 0.15) is 0 Å². The molecule has 0 radical (unpaired) electrons. The summed E-state index contributed by atoms with van der Waals surface area (Å²) in [5, 5.41) is 0. The summed E-state index contributed by atoms with van der Waals surface area (Å²) in [7, 11) is 1.29. The SMILES string of the molecule is CCCCC(C)COC(=O)c1ccccc1C(=O)OC. The van der Waals surface area contributed by atoms with Gasteiger partial charge in [0.2, 0.25) is 0 Å². The summed E-state index contributed by atoms with van der Waals surface area (Å²) in [4.78, 5) is 23.6. The van der Waals surface area contributed by atoms with Gasteiger partial charge in [-0.05, 0) is 24.5 Å². The molecule has 4 heteroatoms. The molecule has 1 aromatic rings. The molecule has 0 bridgehead atoms. The summed E-state index contributed by atoms with van der Waals surface area (Å²) < 4.78 is 9.93. The smallest absolute Gasteiger partial charge is 0.339 e. The summed E-state index contributed by atoms with van der Waals surface area (Å²) in [5.74, 6) is -0.685. The molecule has 4 nitrogen and oxygen atoms in total. The molecule has 0 fully saturated rings. The van der Waals surface area contributed by atoms with Gasteiger partial charge in [-0.2, -0.15) is 0 Å². The van der Waals surface area contributed by atoms with Crippen LogP contribution in [-0.4, -0.2) is 25.7 Å². The number of hydrogen-bond donors (Lipinski definition) is 0. The Balaban J connectivity index is 2.66. The summed E-state index contributed by atoms with van der Waals surface area (Å²) in [6, 6.07) is 6.52. The Morgan fingerprint density at radius 1 is 1.15 bits per heavy atom. The zero-order chi connectivity index (χ0) is 15.0. The molecule has 0 spiro atoms. The zero-order valence-corrected chi connectivity index (χ0v) is 12.3. The van der Waals surface area contributed by atoms with E-state index in [1.54, 1.807) is 24.3 Å². The van der Waals surface area contributed by atoms with Crippen molar-refractivity contribution in [2.45, 2.75) is 33.1 Å². The van der Waals surface area contributed by atoms with Crippen LogP contribution in [-0.2, 0) is 9.47 Å². The molecule has 0 aromatic heterocycles. The zero-order valence-electron chi connectivity index (χ0n) is 12.3. The van der Waals surface area contributed by atoms with E-state index >= 15 is 0 Å². The fourth-order valence-electron chi connectivity index (χ4n) is 1.88. The topological polar surface area (TPSA) is 52.6 Å². The number of esters is 2. The highest BCUT2D eigenvalue weighted by Gasteiger charge is 2.18. The number of unbranched alkanes of at least 4 members (excludes halogenated alkanes) is 1. The second-order valence-corrected chi connectivity index (χ2v) is 4.88. The average Bonchev–Trinajstić information content (AvgIpc) is 2.49. The molecular weight excluding hydrogens is 256 g/mol. The minimum absolute atomic E-state index is 0.237. The standard InChI is InChI=1S/C16H22O4/c1-4-5-8-12(2)11-20-16(18)14-10-7-6-9-13(14)15(17)19-3/h6-7,9-10,12H,4-5,8,11H2,1-3H3. The first kappa shape index (κ1) is 16.2. The second kappa shape index (κ2) is 8.35. The van der Waals surface area contributed by atoms with Crippen LogP contribution >= 0.6 is 0 Å². The quantitative estimate of drug-likeness (QED) is 0.717. The first-order valence-corrected chi connectivity index (χ1v) is 6.94. The fraction of sp³-hybridized carbons (Fsp3) is 0.500. The lowest BCUT2D eigenvalue weighted by atomic mass is 10.1. The summed E-state index contributed by atoms with van der Waals surface area (Å²) in [6.45, 7) is 4.55. The molecule has 1 unspecified atom stereocenters. The lowest BCUT2D eigenvalue weighted by molar-refractivity contribution is 0.0430. The van der Waals surface area contributed by atoms with Gasteiger partial charge >= 0.3 is 11.9 Å². The molecule has 1 atom stereocenters. The van der Waals surface area contributed by atoms with Gasteiger partial charge in [0.15, 0.2) is 0 Å². The maximum absolute atomic E-state index is 12.0. The molecule has 110 valence electrons. The van der Waals surface area contributed by atoms with Crippen molar-refractivity contribution in [2.24, 2.45) is 5.92 Å². The minimum Gasteiger partial charge on any atom is -0.465 e. The van der Waals surface area contributed by atoms with E-state index in [0.717, 1.165) is 19.3 Å². The van der Waals surface area contributed by atoms with E-state index in [2.05, 4.69) is 18.6 Å². The van der Waals surface area contributed by atoms with Crippen molar-refractivity contribution < 1.29 is 19.1 Å². The van der Waals surface area contributed by atoms with Crippen LogP contribution in [0.25, 0.3) is 0 Å². The molecular formula is C16H22O4. The van der Waals surface area contributed by atoms with Crippen LogP contribution in [0.15, 0.2) is 24.3 Å². The van der Waals surface area contributed by atoms with E-state index in [1.165, 1.54) is 7.11 Å². The number of methoxy groups -OCH3 is 1. The van der Waals surface area contributed by atoms with Crippen molar-refractivity contribution in [3.63, 3.8) is 0 Å². The van der Waals surface area contributed by atoms with Gasteiger partial charge in [-0.3, -0.25) is 0 Å². The number of hydrogen-bond acceptors (Lipinski definition) is 4. The van der Waals surface area contributed by atoms with E-state index in [4.69, 9.17) is 4.74 Å². The van der Waals surface area contributed by atoms with Crippen LogP contribution in [0.2, 0.25) is 0 Å². The fourth-order valence-corrected chi connectivity index (χ4v) is 1.88. The van der Waals surface area contributed by atoms with Gasteiger partial charge in [-0.1, -0.05) is 38.8 Å². The van der Waals surface area contributed by atoms with Crippen molar-refractivity contribution in [3.8, 4) is 0 Å². The Bertz CT molecular complexity index is 454. The highest BCUT2D eigenvalue weighted by atomic mass is 16.5. The largest absolute Gasteiger partial charge is 0.465 e. The van der Waals surface area contributed by atoms with E-state index in [1.807, 2.05) is 0 Å². The Kier molecular flexibility index (Phi) is 6.77.